The van der Waals surface area contributed by atoms with E-state index in [9.17, 15) is 0 Å². The standard InChI is InChI=1S/C69H51NSi2/c1-69(2)63-34-14-9-29-57(63)58-44-41-49(45-64(58)69)48-39-42-50(43-40-48)70(51-21-19-27-55(46-51)71(53-23-5-3-6-24-53)65-35-15-10-30-59(65)60-31-11-16-36-66(60)71)52-22-20-28-56(47-52)72(54-25-7-4-8-26-54)67-37-17-12-32-61(67)62-33-13-18-38-68(62)72/h3-47H,1-2H3/i3D. The molecule has 0 amide bonds. The molecule has 0 radical (unpaired) electrons. The van der Waals surface area contributed by atoms with E-state index in [1.54, 1.807) is 0 Å². The number of benzene rings is 11. The van der Waals surface area contributed by atoms with Gasteiger partial charge in [0.15, 0.2) is 16.1 Å². The Morgan fingerprint density at radius 2 is 0.708 bits per heavy atom. The Bertz CT molecular complexity index is 3880. The first kappa shape index (κ1) is 41.4. The van der Waals surface area contributed by atoms with Gasteiger partial charge in [0, 0.05) is 22.5 Å². The van der Waals surface area contributed by atoms with Crippen molar-refractivity contribution in [2.75, 3.05) is 4.90 Å². The Balaban J connectivity index is 0.981. The average molecular weight is 951 g/mol. The van der Waals surface area contributed by atoms with Gasteiger partial charge >= 0.3 is 0 Å². The maximum Gasteiger partial charge on any atom is 0.180 e. The molecule has 3 heteroatoms. The number of rotatable bonds is 8. The molecule has 1 aliphatic carbocycles. The second-order valence-corrected chi connectivity index (χ2v) is 27.7. The summed E-state index contributed by atoms with van der Waals surface area (Å²) in [6.45, 7) is 4.72. The van der Waals surface area contributed by atoms with Gasteiger partial charge in [0.05, 0.1) is 1.37 Å². The van der Waals surface area contributed by atoms with E-state index in [1.807, 2.05) is 12.1 Å². The van der Waals surface area contributed by atoms with Crippen LogP contribution < -0.4 is 46.4 Å². The van der Waals surface area contributed by atoms with Gasteiger partial charge in [-0.25, -0.2) is 0 Å². The fourth-order valence-corrected chi connectivity index (χ4v) is 23.7. The summed E-state index contributed by atoms with van der Waals surface area (Å²) in [4.78, 5) is 2.50. The molecule has 2 heterocycles. The highest BCUT2D eigenvalue weighted by molar-refractivity contribution is 7.23. The van der Waals surface area contributed by atoms with Crippen molar-refractivity contribution in [3.05, 3.63) is 284 Å². The van der Waals surface area contributed by atoms with Crippen molar-refractivity contribution < 1.29 is 1.37 Å². The number of nitrogens with zero attached hydrogens (tertiary/aromatic N) is 1. The van der Waals surface area contributed by atoms with Gasteiger partial charge < -0.3 is 4.90 Å². The molecule has 0 N–H and O–H groups in total. The highest BCUT2D eigenvalue weighted by Crippen LogP contribution is 2.49. The van der Waals surface area contributed by atoms with Crippen LogP contribution in [0.2, 0.25) is 0 Å². The lowest BCUT2D eigenvalue weighted by atomic mass is 9.81. The molecule has 1 nitrogen and oxygen atoms in total. The minimum atomic E-state index is -2.90. The zero-order valence-corrected chi connectivity index (χ0v) is 42.4. The predicted molar refractivity (Wildman–Crippen MR) is 309 cm³/mol. The number of hydrogen-bond donors (Lipinski definition) is 0. The Morgan fingerprint density at radius 1 is 0.306 bits per heavy atom. The van der Waals surface area contributed by atoms with Gasteiger partial charge in [-0.05, 0) is 140 Å². The highest BCUT2D eigenvalue weighted by Gasteiger charge is 2.50. The number of hydrogen-bond acceptors (Lipinski definition) is 1. The van der Waals surface area contributed by atoms with Gasteiger partial charge in [-0.3, -0.25) is 0 Å². The molecule has 0 aromatic heterocycles. The molecule has 0 saturated heterocycles. The Labute approximate surface area is 426 Å². The van der Waals surface area contributed by atoms with E-state index in [4.69, 9.17) is 1.37 Å². The minimum absolute atomic E-state index is 0.0836. The molecule has 0 unspecified atom stereocenters. The number of fused-ring (bicyclic) bond motifs is 9. The SMILES string of the molecule is [2H]c1ccc([Si]2(c3cccc(N(c4ccc(-c5ccc6c(c5)C(C)(C)c5ccccc5-6)cc4)c4cccc([Si]5(c6ccccc6)c6ccccc6-c6ccccc65)c4)c3)c3ccccc3-c3ccccc32)cc1. The molecule has 2 aliphatic heterocycles. The summed E-state index contributed by atoms with van der Waals surface area (Å²) in [5, 5.41) is 11.0. The van der Waals surface area contributed by atoms with Crippen molar-refractivity contribution in [3.8, 4) is 44.5 Å². The first-order valence-corrected chi connectivity index (χ1v) is 29.2. The van der Waals surface area contributed by atoms with Gasteiger partial charge in [-0.2, -0.15) is 0 Å². The van der Waals surface area contributed by atoms with Crippen LogP contribution in [0.1, 0.15) is 26.3 Å². The first-order valence-electron chi connectivity index (χ1n) is 25.7. The summed E-state index contributed by atoms with van der Waals surface area (Å²) in [7, 11) is -5.71. The topological polar surface area (TPSA) is 3.24 Å². The quantitative estimate of drug-likeness (QED) is 0.137. The molecular weight excluding hydrogens is 899 g/mol. The van der Waals surface area contributed by atoms with Crippen LogP contribution in [0, 0.1) is 0 Å². The molecule has 11 aromatic carbocycles. The van der Waals surface area contributed by atoms with Crippen LogP contribution in [0.5, 0.6) is 0 Å². The van der Waals surface area contributed by atoms with Crippen molar-refractivity contribution in [1.29, 1.82) is 0 Å². The van der Waals surface area contributed by atoms with Crippen LogP contribution in [0.4, 0.5) is 17.1 Å². The van der Waals surface area contributed by atoms with Gasteiger partial charge in [-0.1, -0.05) is 244 Å². The molecule has 0 saturated carbocycles. The fraction of sp³-hybridized carbons (Fsp3) is 0.0435. The van der Waals surface area contributed by atoms with Crippen LogP contribution in [-0.2, 0) is 5.41 Å². The summed E-state index contributed by atoms with van der Waals surface area (Å²) in [5.74, 6) is 0. The molecule has 0 bridgehead atoms. The summed E-state index contributed by atoms with van der Waals surface area (Å²) in [6.07, 6.45) is 0. The van der Waals surface area contributed by atoms with E-state index in [0.29, 0.717) is 6.04 Å². The van der Waals surface area contributed by atoms with Crippen LogP contribution >= 0.6 is 0 Å². The largest absolute Gasteiger partial charge is 0.311 e. The molecular formula is C69H51NSi2. The van der Waals surface area contributed by atoms with Gasteiger partial charge in [0.1, 0.15) is 0 Å². The molecule has 14 rings (SSSR count). The monoisotopic (exact) mass is 950 g/mol. The second kappa shape index (κ2) is 16.4. The molecule has 3 aliphatic rings. The third-order valence-electron chi connectivity index (χ3n) is 16.4. The normalized spacial score (nSPS) is 14.8. The summed E-state index contributed by atoms with van der Waals surface area (Å²) in [6, 6.07) is 101. The van der Waals surface area contributed by atoms with Crippen molar-refractivity contribution in [2.45, 2.75) is 19.3 Å². The third kappa shape index (κ3) is 6.05. The second-order valence-electron chi connectivity index (χ2n) is 20.3. The van der Waals surface area contributed by atoms with E-state index in [0.717, 1.165) is 17.1 Å². The fourth-order valence-electron chi connectivity index (χ4n) is 13.3. The smallest absolute Gasteiger partial charge is 0.180 e. The van der Waals surface area contributed by atoms with E-state index in [-0.39, 0.29) is 5.41 Å². The first-order chi connectivity index (χ1) is 35.9. The van der Waals surface area contributed by atoms with E-state index >= 15 is 0 Å². The zero-order chi connectivity index (χ0) is 48.9. The third-order valence-corrected chi connectivity index (χ3v) is 26.1. The maximum absolute atomic E-state index is 8.59. The van der Waals surface area contributed by atoms with Crippen LogP contribution in [0.3, 0.4) is 0 Å². The van der Waals surface area contributed by atoms with Gasteiger partial charge in [0.25, 0.3) is 0 Å². The molecule has 0 atom stereocenters. The Morgan fingerprint density at radius 3 is 1.22 bits per heavy atom. The van der Waals surface area contributed by atoms with E-state index in [1.165, 1.54) is 97.1 Å². The molecule has 0 spiro atoms. The maximum atomic E-state index is 8.59. The zero-order valence-electron chi connectivity index (χ0n) is 41.4. The summed E-state index contributed by atoms with van der Waals surface area (Å²) < 4.78 is 8.59. The van der Waals surface area contributed by atoms with Crippen molar-refractivity contribution in [2.24, 2.45) is 0 Å². The highest BCUT2D eigenvalue weighted by atomic mass is 28.3. The lowest BCUT2D eigenvalue weighted by molar-refractivity contribution is 0.660. The average Bonchev–Trinajstić information content (AvgIpc) is 4.02. The Hall–Kier alpha value is -8.35. The van der Waals surface area contributed by atoms with Crippen LogP contribution in [-0.4, -0.2) is 16.1 Å². The van der Waals surface area contributed by atoms with Gasteiger partial charge in [-0.15, -0.1) is 0 Å². The lowest BCUT2D eigenvalue weighted by Gasteiger charge is -2.34. The molecule has 0 fully saturated rings. The number of anilines is 3. The summed E-state index contributed by atoms with van der Waals surface area (Å²) in [5.41, 5.74) is 16.4. The van der Waals surface area contributed by atoms with Crippen molar-refractivity contribution in [1.82, 2.24) is 0 Å². The predicted octanol–water partition coefficient (Wildman–Crippen LogP) is 11.8. The molecule has 340 valence electrons. The van der Waals surface area contributed by atoms with E-state index in [2.05, 4.69) is 274 Å². The Kier molecular flexibility index (Phi) is 9.42. The minimum Gasteiger partial charge on any atom is -0.311 e. The molecule has 11 aromatic rings. The molecule has 72 heavy (non-hydrogen) atoms. The van der Waals surface area contributed by atoms with Gasteiger partial charge in [0.2, 0.25) is 0 Å². The lowest BCUT2D eigenvalue weighted by Crippen LogP contribution is -2.72. The van der Waals surface area contributed by atoms with E-state index < -0.39 is 16.1 Å². The van der Waals surface area contributed by atoms with Crippen molar-refractivity contribution >= 4 is 74.7 Å². The summed E-state index contributed by atoms with van der Waals surface area (Å²) >= 11 is 0. The van der Waals surface area contributed by atoms with Crippen LogP contribution in [0.25, 0.3) is 44.5 Å². The van der Waals surface area contributed by atoms with Crippen LogP contribution in [0.15, 0.2) is 273 Å². The van der Waals surface area contributed by atoms with Crippen molar-refractivity contribution in [3.63, 3.8) is 0 Å².